The second kappa shape index (κ2) is 5.53. The van der Waals surface area contributed by atoms with Crippen LogP contribution in [-0.2, 0) is 4.79 Å². The Hall–Kier alpha value is -1.04. The molecule has 3 nitrogen and oxygen atoms in total. The Morgan fingerprint density at radius 1 is 1.41 bits per heavy atom. The topological polar surface area (TPSA) is 44.1 Å². The molecule has 1 saturated heterocycles. The van der Waals surface area contributed by atoms with Gasteiger partial charge in [0.2, 0.25) is 5.91 Å². The fraction of sp³-hybridized carbons (Fsp3) is 0.857. The molecule has 1 rings (SSSR count). The lowest BCUT2D eigenvalue weighted by Crippen LogP contribution is -2.44. The highest BCUT2D eigenvalue weighted by atomic mass is 16.2. The van der Waals surface area contributed by atoms with Gasteiger partial charge in [0.1, 0.15) is 0 Å². The molecule has 0 saturated carbocycles. The first kappa shape index (κ1) is 14.0. The molecule has 1 aliphatic rings. The standard InChI is InChI=1S/C14H24N2O/c1-5-11(10-15)12-6-8-16(9-7-12)13(17)14(2,3)4/h11-12H,5-9H2,1-4H3. The minimum atomic E-state index is -0.285. The summed E-state index contributed by atoms with van der Waals surface area (Å²) in [5.74, 6) is 0.886. The van der Waals surface area contributed by atoms with Crippen molar-refractivity contribution in [2.24, 2.45) is 17.3 Å². The van der Waals surface area contributed by atoms with Crippen LogP contribution in [0.3, 0.4) is 0 Å². The van der Waals surface area contributed by atoms with Crippen LogP contribution in [0.1, 0.15) is 47.0 Å². The van der Waals surface area contributed by atoms with E-state index >= 15 is 0 Å². The van der Waals surface area contributed by atoms with E-state index in [1.54, 1.807) is 0 Å². The Labute approximate surface area is 105 Å². The van der Waals surface area contributed by atoms with Gasteiger partial charge in [-0.15, -0.1) is 0 Å². The molecular weight excluding hydrogens is 212 g/mol. The third-order valence-electron chi connectivity index (χ3n) is 3.64. The summed E-state index contributed by atoms with van der Waals surface area (Å²) >= 11 is 0. The first-order valence-electron chi connectivity index (χ1n) is 6.59. The fourth-order valence-corrected chi connectivity index (χ4v) is 2.51. The molecule has 1 amide bonds. The van der Waals surface area contributed by atoms with Gasteiger partial charge in [-0.3, -0.25) is 4.79 Å². The van der Waals surface area contributed by atoms with E-state index in [1.165, 1.54) is 0 Å². The number of amides is 1. The van der Waals surface area contributed by atoms with Crippen molar-refractivity contribution in [2.75, 3.05) is 13.1 Å². The second-order valence-electron chi connectivity index (χ2n) is 6.02. The maximum atomic E-state index is 12.1. The quantitative estimate of drug-likeness (QED) is 0.740. The summed E-state index contributed by atoms with van der Waals surface area (Å²) in [5.41, 5.74) is -0.285. The van der Waals surface area contributed by atoms with Crippen LogP contribution in [0.2, 0.25) is 0 Å². The molecule has 1 fully saturated rings. The van der Waals surface area contributed by atoms with Gasteiger partial charge in [-0.05, 0) is 25.2 Å². The van der Waals surface area contributed by atoms with Gasteiger partial charge in [-0.2, -0.15) is 5.26 Å². The molecule has 3 heteroatoms. The van der Waals surface area contributed by atoms with Gasteiger partial charge in [0, 0.05) is 24.4 Å². The zero-order valence-electron chi connectivity index (χ0n) is 11.5. The zero-order chi connectivity index (χ0) is 13.1. The normalized spacial score (nSPS) is 19.8. The molecule has 0 spiro atoms. The highest BCUT2D eigenvalue weighted by Crippen LogP contribution is 2.29. The van der Waals surface area contributed by atoms with Gasteiger partial charge in [-0.1, -0.05) is 27.7 Å². The number of piperidine rings is 1. The molecule has 0 aromatic rings. The van der Waals surface area contributed by atoms with Gasteiger partial charge in [0.05, 0.1) is 6.07 Å². The summed E-state index contributed by atoms with van der Waals surface area (Å²) < 4.78 is 0. The summed E-state index contributed by atoms with van der Waals surface area (Å²) in [7, 11) is 0. The van der Waals surface area contributed by atoms with E-state index in [9.17, 15) is 4.79 Å². The SMILES string of the molecule is CCC(C#N)C1CCN(C(=O)C(C)(C)C)CC1. The molecule has 0 aliphatic carbocycles. The average molecular weight is 236 g/mol. The van der Waals surface area contributed by atoms with E-state index in [-0.39, 0.29) is 17.2 Å². The predicted octanol–water partition coefficient (Wildman–Crippen LogP) is 2.82. The number of rotatable bonds is 2. The Morgan fingerprint density at radius 3 is 2.29 bits per heavy atom. The van der Waals surface area contributed by atoms with E-state index in [2.05, 4.69) is 13.0 Å². The second-order valence-corrected chi connectivity index (χ2v) is 6.02. The minimum absolute atomic E-state index is 0.168. The lowest BCUT2D eigenvalue weighted by molar-refractivity contribution is -0.141. The molecule has 0 aromatic carbocycles. The molecular formula is C14H24N2O. The molecule has 0 bridgehead atoms. The maximum Gasteiger partial charge on any atom is 0.227 e. The van der Waals surface area contributed by atoms with Crippen LogP contribution >= 0.6 is 0 Å². The summed E-state index contributed by atoms with van der Waals surface area (Å²) in [6.45, 7) is 9.60. The Kier molecular flexibility index (Phi) is 4.56. The van der Waals surface area contributed by atoms with E-state index in [0.717, 1.165) is 32.4 Å². The third-order valence-corrected chi connectivity index (χ3v) is 3.64. The number of likely N-dealkylation sites (tertiary alicyclic amines) is 1. The Balaban J connectivity index is 2.52. The Morgan fingerprint density at radius 2 is 1.94 bits per heavy atom. The van der Waals surface area contributed by atoms with Gasteiger partial charge in [0.25, 0.3) is 0 Å². The largest absolute Gasteiger partial charge is 0.342 e. The van der Waals surface area contributed by atoms with Crippen molar-refractivity contribution in [3.63, 3.8) is 0 Å². The van der Waals surface area contributed by atoms with E-state index in [0.29, 0.717) is 5.92 Å². The Bertz CT molecular complexity index is 303. The van der Waals surface area contributed by atoms with Crippen molar-refractivity contribution < 1.29 is 4.79 Å². The minimum Gasteiger partial charge on any atom is -0.342 e. The fourth-order valence-electron chi connectivity index (χ4n) is 2.51. The molecule has 96 valence electrons. The zero-order valence-corrected chi connectivity index (χ0v) is 11.5. The van der Waals surface area contributed by atoms with Gasteiger partial charge >= 0.3 is 0 Å². The molecule has 1 atom stereocenters. The van der Waals surface area contributed by atoms with Crippen LogP contribution in [0.5, 0.6) is 0 Å². The summed E-state index contributed by atoms with van der Waals surface area (Å²) in [4.78, 5) is 14.1. The molecule has 17 heavy (non-hydrogen) atoms. The van der Waals surface area contributed by atoms with Crippen molar-refractivity contribution in [2.45, 2.75) is 47.0 Å². The molecule has 1 aliphatic heterocycles. The van der Waals surface area contributed by atoms with Crippen LogP contribution < -0.4 is 0 Å². The number of carbonyl (C=O) groups is 1. The third kappa shape index (κ3) is 3.46. The van der Waals surface area contributed by atoms with Gasteiger partial charge in [-0.25, -0.2) is 0 Å². The lowest BCUT2D eigenvalue weighted by Gasteiger charge is -2.36. The lowest BCUT2D eigenvalue weighted by atomic mass is 9.83. The van der Waals surface area contributed by atoms with Crippen molar-refractivity contribution >= 4 is 5.91 Å². The highest BCUT2D eigenvalue weighted by molar-refractivity contribution is 5.81. The van der Waals surface area contributed by atoms with Crippen molar-refractivity contribution in [3.8, 4) is 6.07 Å². The van der Waals surface area contributed by atoms with Crippen LogP contribution in [0.15, 0.2) is 0 Å². The van der Waals surface area contributed by atoms with Crippen molar-refractivity contribution in [3.05, 3.63) is 0 Å². The first-order chi connectivity index (χ1) is 7.90. The van der Waals surface area contributed by atoms with E-state index in [4.69, 9.17) is 5.26 Å². The van der Waals surface area contributed by atoms with E-state index in [1.807, 2.05) is 25.7 Å². The summed E-state index contributed by atoms with van der Waals surface area (Å²) in [5, 5.41) is 9.05. The smallest absolute Gasteiger partial charge is 0.227 e. The number of carbonyl (C=O) groups excluding carboxylic acids is 1. The molecule has 0 aromatic heterocycles. The predicted molar refractivity (Wildman–Crippen MR) is 68.2 cm³/mol. The first-order valence-corrected chi connectivity index (χ1v) is 6.59. The monoisotopic (exact) mass is 236 g/mol. The number of nitriles is 1. The summed E-state index contributed by atoms with van der Waals surface area (Å²) in [6, 6.07) is 2.39. The molecule has 0 N–H and O–H groups in total. The van der Waals surface area contributed by atoms with Crippen LogP contribution in [0.25, 0.3) is 0 Å². The molecule has 0 radical (unpaired) electrons. The van der Waals surface area contributed by atoms with Gasteiger partial charge in [0.15, 0.2) is 0 Å². The van der Waals surface area contributed by atoms with Crippen LogP contribution in [0, 0.1) is 28.6 Å². The van der Waals surface area contributed by atoms with Crippen molar-refractivity contribution in [1.29, 1.82) is 5.26 Å². The van der Waals surface area contributed by atoms with Crippen LogP contribution in [-0.4, -0.2) is 23.9 Å². The molecule has 1 heterocycles. The number of hydrogen-bond acceptors (Lipinski definition) is 2. The van der Waals surface area contributed by atoms with E-state index < -0.39 is 0 Å². The highest BCUT2D eigenvalue weighted by Gasteiger charge is 2.32. The van der Waals surface area contributed by atoms with Gasteiger partial charge < -0.3 is 4.90 Å². The average Bonchev–Trinajstić information content (AvgIpc) is 2.29. The molecule has 1 unspecified atom stereocenters. The number of nitrogens with zero attached hydrogens (tertiary/aromatic N) is 2. The van der Waals surface area contributed by atoms with Crippen LogP contribution in [0.4, 0.5) is 0 Å². The number of hydrogen-bond donors (Lipinski definition) is 0. The van der Waals surface area contributed by atoms with Crippen molar-refractivity contribution in [1.82, 2.24) is 4.90 Å². The summed E-state index contributed by atoms with van der Waals surface area (Å²) in [6.07, 6.45) is 2.89. The maximum absolute atomic E-state index is 12.1.